The van der Waals surface area contributed by atoms with Crippen LogP contribution in [-0.2, 0) is 0 Å². The Balaban J connectivity index is 1.16. The summed E-state index contributed by atoms with van der Waals surface area (Å²) in [4.78, 5) is 9.98. The zero-order chi connectivity index (χ0) is 40.3. The zero-order valence-corrected chi connectivity index (χ0v) is 33.4. The highest BCUT2D eigenvalue weighted by molar-refractivity contribution is 5.94. The first kappa shape index (κ1) is 37.4. The summed E-state index contributed by atoms with van der Waals surface area (Å²) >= 11 is 0. The fourth-order valence-corrected chi connectivity index (χ4v) is 8.13. The third-order valence-electron chi connectivity index (χ3n) is 11.1. The van der Waals surface area contributed by atoms with E-state index in [0.29, 0.717) is 0 Å². The third kappa shape index (κ3) is 7.76. The van der Waals surface area contributed by atoms with Gasteiger partial charge in [-0.2, -0.15) is 0 Å². The molecule has 9 aromatic rings. The molecular weight excluding hydrogens is 720 g/mol. The van der Waals surface area contributed by atoms with Gasteiger partial charge in [0.25, 0.3) is 0 Å². The Kier molecular flexibility index (Phi) is 10.3. The highest BCUT2D eigenvalue weighted by Gasteiger charge is 2.19. The first-order valence-corrected chi connectivity index (χ1v) is 20.2. The number of aryl methyl sites for hydroxylation is 1. The summed E-state index contributed by atoms with van der Waals surface area (Å²) in [5, 5.41) is 0. The number of hydrogen-bond donors (Lipinski definition) is 0. The van der Waals surface area contributed by atoms with Crippen LogP contribution in [0.2, 0.25) is 0 Å². The van der Waals surface area contributed by atoms with Gasteiger partial charge in [0.2, 0.25) is 0 Å². The van der Waals surface area contributed by atoms with Crippen molar-refractivity contribution in [2.45, 2.75) is 26.7 Å². The minimum absolute atomic E-state index is 0.242. The van der Waals surface area contributed by atoms with E-state index in [-0.39, 0.29) is 11.7 Å². The van der Waals surface area contributed by atoms with E-state index in [1.165, 1.54) is 34.4 Å². The Morgan fingerprint density at radius 2 is 0.797 bits per heavy atom. The predicted octanol–water partition coefficient (Wildman–Crippen LogP) is 15.4. The average Bonchev–Trinajstić information content (AvgIpc) is 3.29. The predicted molar refractivity (Wildman–Crippen MR) is 244 cm³/mol. The molecule has 0 spiro atoms. The quantitative estimate of drug-likeness (QED) is 0.146. The summed E-state index contributed by atoms with van der Waals surface area (Å²) in [5.74, 6) is -0.0127. The molecule has 2 aromatic heterocycles. The Morgan fingerprint density at radius 1 is 0.356 bits per heavy atom. The van der Waals surface area contributed by atoms with Gasteiger partial charge in [-0.05, 0) is 122 Å². The monoisotopic (exact) mass is 762 g/mol. The molecule has 0 radical (unpaired) electrons. The lowest BCUT2D eigenvalue weighted by molar-refractivity contribution is 0.628. The van der Waals surface area contributed by atoms with Gasteiger partial charge < -0.3 is 0 Å². The van der Waals surface area contributed by atoms with Crippen LogP contribution in [0, 0.1) is 12.7 Å². The van der Waals surface area contributed by atoms with Crippen LogP contribution in [0.1, 0.15) is 30.9 Å². The van der Waals surface area contributed by atoms with Crippen molar-refractivity contribution in [3.63, 3.8) is 0 Å². The van der Waals surface area contributed by atoms with Crippen molar-refractivity contribution in [1.29, 1.82) is 0 Å². The van der Waals surface area contributed by atoms with E-state index >= 15 is 0 Å². The lowest BCUT2D eigenvalue weighted by atomic mass is 9.86. The van der Waals surface area contributed by atoms with E-state index < -0.39 is 0 Å². The molecule has 0 aliphatic rings. The van der Waals surface area contributed by atoms with E-state index in [0.717, 1.165) is 78.1 Å². The number of nitrogens with zero attached hydrogens (tertiary/aromatic N) is 2. The van der Waals surface area contributed by atoms with E-state index in [4.69, 9.17) is 9.97 Å². The molecule has 0 fully saturated rings. The zero-order valence-electron chi connectivity index (χ0n) is 33.4. The summed E-state index contributed by atoms with van der Waals surface area (Å²) in [6.45, 7) is 6.60. The summed E-state index contributed by atoms with van der Waals surface area (Å²) in [6, 6.07) is 64.9. The van der Waals surface area contributed by atoms with Gasteiger partial charge in [-0.3, -0.25) is 9.97 Å². The van der Waals surface area contributed by atoms with Crippen LogP contribution >= 0.6 is 0 Å². The van der Waals surface area contributed by atoms with Crippen molar-refractivity contribution in [1.82, 2.24) is 9.97 Å². The summed E-state index contributed by atoms with van der Waals surface area (Å²) in [7, 11) is 0. The second kappa shape index (κ2) is 16.3. The number of hydrogen-bond acceptors (Lipinski definition) is 2. The number of halogens is 1. The van der Waals surface area contributed by atoms with Gasteiger partial charge in [0.1, 0.15) is 5.82 Å². The van der Waals surface area contributed by atoms with Crippen LogP contribution in [0.15, 0.2) is 200 Å². The molecule has 0 saturated carbocycles. The molecule has 59 heavy (non-hydrogen) atoms. The minimum atomic E-state index is -0.254. The molecule has 7 aromatic carbocycles. The lowest BCUT2D eigenvalue weighted by Gasteiger charge is -2.19. The van der Waals surface area contributed by atoms with Gasteiger partial charge in [-0.25, -0.2) is 4.39 Å². The van der Waals surface area contributed by atoms with Crippen molar-refractivity contribution in [2.75, 3.05) is 0 Å². The lowest BCUT2D eigenvalue weighted by Crippen LogP contribution is -1.98. The molecule has 0 bridgehead atoms. The van der Waals surface area contributed by atoms with Crippen molar-refractivity contribution >= 4 is 0 Å². The molecule has 284 valence electrons. The molecule has 3 heteroatoms. The molecule has 0 saturated heterocycles. The molecule has 0 atom stereocenters. The van der Waals surface area contributed by atoms with Gasteiger partial charge in [-0.15, -0.1) is 0 Å². The summed E-state index contributed by atoms with van der Waals surface area (Å²) in [5.41, 5.74) is 19.7. The van der Waals surface area contributed by atoms with E-state index in [9.17, 15) is 4.39 Å². The van der Waals surface area contributed by atoms with Crippen LogP contribution in [0.25, 0.3) is 89.3 Å². The summed E-state index contributed by atoms with van der Waals surface area (Å²) in [6.07, 6.45) is 4.03. The maximum Gasteiger partial charge on any atom is 0.123 e. The van der Waals surface area contributed by atoms with Crippen LogP contribution in [0.3, 0.4) is 0 Å². The van der Waals surface area contributed by atoms with Crippen LogP contribution in [-0.4, -0.2) is 9.97 Å². The largest absolute Gasteiger partial charge is 0.256 e. The van der Waals surface area contributed by atoms with Gasteiger partial charge >= 0.3 is 0 Å². The molecule has 9 rings (SSSR count). The van der Waals surface area contributed by atoms with Crippen LogP contribution in [0.4, 0.5) is 4.39 Å². The van der Waals surface area contributed by atoms with Gasteiger partial charge in [0, 0.05) is 34.6 Å². The molecule has 0 aliphatic heterocycles. The standard InChI is InChI=1S/C56H43FN2/c1-37(2)51-33-55(43-26-28-46(57)29-27-43)58-35-53(51)49-20-12-10-18-47(49)44-30-38(3)31-45(32-44)48-19-11-13-21-50(48)54-36-59-56(42-16-8-5-9-17-42)34-52(54)41-24-22-40(23-25-41)39-14-6-4-7-15-39/h4-37H,1-3H3. The van der Waals surface area contributed by atoms with Crippen LogP contribution < -0.4 is 0 Å². The average molecular weight is 763 g/mol. The first-order valence-electron chi connectivity index (χ1n) is 20.2. The fraction of sp³-hybridized carbons (Fsp3) is 0.0714. The number of pyridine rings is 2. The van der Waals surface area contributed by atoms with E-state index in [1.807, 2.05) is 18.5 Å². The van der Waals surface area contributed by atoms with Crippen molar-refractivity contribution in [2.24, 2.45) is 0 Å². The second-order valence-corrected chi connectivity index (χ2v) is 15.4. The summed E-state index contributed by atoms with van der Waals surface area (Å²) < 4.78 is 13.8. The van der Waals surface area contributed by atoms with E-state index in [2.05, 4.69) is 178 Å². The van der Waals surface area contributed by atoms with Gasteiger partial charge in [-0.1, -0.05) is 159 Å². The Hall–Kier alpha value is -7.23. The SMILES string of the molecule is Cc1cc(-c2ccccc2-c2cnc(-c3ccccc3)cc2-c2ccc(-c3ccccc3)cc2)cc(-c2ccccc2-c2cnc(-c3ccc(F)cc3)cc2C(C)C)c1. The maximum absolute atomic E-state index is 13.8. The maximum atomic E-state index is 13.8. The molecular formula is C56H43FN2. The van der Waals surface area contributed by atoms with Crippen molar-refractivity contribution in [3.05, 3.63) is 217 Å². The number of benzene rings is 7. The Bertz CT molecular complexity index is 2900. The molecule has 2 heterocycles. The number of rotatable bonds is 9. The third-order valence-corrected chi connectivity index (χ3v) is 11.1. The Morgan fingerprint density at radius 3 is 1.39 bits per heavy atom. The Labute approximate surface area is 346 Å². The molecule has 0 unspecified atom stereocenters. The molecule has 0 N–H and O–H groups in total. The number of aromatic nitrogens is 2. The first-order chi connectivity index (χ1) is 28.9. The molecule has 2 nitrogen and oxygen atoms in total. The fourth-order valence-electron chi connectivity index (χ4n) is 8.13. The minimum Gasteiger partial charge on any atom is -0.256 e. The van der Waals surface area contributed by atoms with Crippen LogP contribution in [0.5, 0.6) is 0 Å². The van der Waals surface area contributed by atoms with E-state index in [1.54, 1.807) is 12.1 Å². The second-order valence-electron chi connectivity index (χ2n) is 15.4. The van der Waals surface area contributed by atoms with Crippen molar-refractivity contribution < 1.29 is 4.39 Å². The van der Waals surface area contributed by atoms with Gasteiger partial charge in [0.15, 0.2) is 0 Å². The topological polar surface area (TPSA) is 25.8 Å². The molecule has 0 amide bonds. The highest BCUT2D eigenvalue weighted by atomic mass is 19.1. The van der Waals surface area contributed by atoms with Gasteiger partial charge in [0.05, 0.1) is 11.4 Å². The smallest absolute Gasteiger partial charge is 0.123 e. The highest BCUT2D eigenvalue weighted by Crippen LogP contribution is 2.43. The van der Waals surface area contributed by atoms with Crippen molar-refractivity contribution in [3.8, 4) is 89.3 Å². The molecule has 0 aliphatic carbocycles. The normalized spacial score (nSPS) is 11.2.